The first kappa shape index (κ1) is 27.4. The molecule has 0 unspecified atom stereocenters. The minimum Gasteiger partial charge on any atom is -0.497 e. The van der Waals surface area contributed by atoms with Gasteiger partial charge in [0.2, 0.25) is 0 Å². The van der Waals surface area contributed by atoms with Crippen molar-refractivity contribution in [2.24, 2.45) is 4.99 Å². The molecule has 10 heteroatoms. The van der Waals surface area contributed by atoms with Crippen LogP contribution in [0.2, 0.25) is 0 Å². The van der Waals surface area contributed by atoms with Crippen LogP contribution in [0.1, 0.15) is 44.9 Å². The lowest BCUT2D eigenvalue weighted by atomic mass is 9.93. The molecule has 40 heavy (non-hydrogen) atoms. The van der Waals surface area contributed by atoms with E-state index in [2.05, 4.69) is 0 Å². The molecule has 0 aliphatic carbocycles. The Kier molecular flexibility index (Phi) is 7.37. The highest BCUT2D eigenvalue weighted by molar-refractivity contribution is 7.07. The Morgan fingerprint density at radius 3 is 2.42 bits per heavy atom. The smallest absolute Gasteiger partial charge is 0.271 e. The van der Waals surface area contributed by atoms with Crippen molar-refractivity contribution in [2.45, 2.75) is 33.7 Å². The highest BCUT2D eigenvalue weighted by Gasteiger charge is 2.38. The molecular weight excluding hydrogens is 528 g/mol. The molecule has 3 aromatic rings. The number of carbonyl (C=O) groups is 2. The first-order chi connectivity index (χ1) is 19.3. The van der Waals surface area contributed by atoms with Gasteiger partial charge in [-0.05, 0) is 52.0 Å². The number of rotatable bonds is 7. The number of hydrogen-bond donors (Lipinski definition) is 0. The zero-order valence-electron chi connectivity index (χ0n) is 23.5. The molecule has 2 aliphatic heterocycles. The number of ether oxygens (including phenoxy) is 2. The van der Waals surface area contributed by atoms with Gasteiger partial charge in [-0.25, -0.2) is 4.99 Å². The fraction of sp³-hybridized carbons (Fsp3) is 0.333. The number of para-hydroxylation sites is 1. The second kappa shape index (κ2) is 10.8. The van der Waals surface area contributed by atoms with Gasteiger partial charge in [0, 0.05) is 30.8 Å². The molecule has 3 heterocycles. The molecule has 0 radical (unpaired) electrons. The first-order valence-electron chi connectivity index (χ1n) is 13.3. The number of aromatic nitrogens is 1. The molecular formula is C30H32N4O5S. The van der Waals surface area contributed by atoms with E-state index in [9.17, 15) is 14.4 Å². The Hall–Kier alpha value is -4.18. The number of amides is 2. The molecule has 2 aromatic carbocycles. The van der Waals surface area contributed by atoms with Crippen molar-refractivity contribution in [3.05, 3.63) is 84.5 Å². The molecule has 2 aliphatic rings. The van der Waals surface area contributed by atoms with Crippen LogP contribution in [0, 0.1) is 0 Å². The average molecular weight is 561 g/mol. The van der Waals surface area contributed by atoms with E-state index in [4.69, 9.17) is 14.5 Å². The molecule has 0 saturated carbocycles. The Labute approximate surface area is 236 Å². The summed E-state index contributed by atoms with van der Waals surface area (Å²) in [6, 6.07) is 12.0. The fourth-order valence-corrected chi connectivity index (χ4v) is 6.62. The normalized spacial score (nSPS) is 17.4. The van der Waals surface area contributed by atoms with Crippen LogP contribution in [-0.2, 0) is 9.59 Å². The number of benzene rings is 2. The van der Waals surface area contributed by atoms with Gasteiger partial charge in [-0.3, -0.25) is 19.0 Å². The lowest BCUT2D eigenvalue weighted by molar-refractivity contribution is -0.127. The summed E-state index contributed by atoms with van der Waals surface area (Å²) in [7, 11) is 3.11. The van der Waals surface area contributed by atoms with Crippen LogP contribution in [0.4, 0.5) is 5.69 Å². The van der Waals surface area contributed by atoms with Crippen molar-refractivity contribution < 1.29 is 19.1 Å². The van der Waals surface area contributed by atoms with E-state index in [1.807, 2.05) is 45.0 Å². The molecule has 0 spiro atoms. The molecule has 0 saturated heterocycles. The zero-order chi connectivity index (χ0) is 28.7. The third-order valence-electron chi connectivity index (χ3n) is 7.48. The molecule has 5 rings (SSSR count). The van der Waals surface area contributed by atoms with Gasteiger partial charge in [-0.1, -0.05) is 29.5 Å². The fourth-order valence-electron chi connectivity index (χ4n) is 5.49. The van der Waals surface area contributed by atoms with Gasteiger partial charge in [0.25, 0.3) is 17.4 Å². The van der Waals surface area contributed by atoms with Crippen molar-refractivity contribution in [3.8, 4) is 11.5 Å². The van der Waals surface area contributed by atoms with Gasteiger partial charge >= 0.3 is 0 Å². The van der Waals surface area contributed by atoms with Crippen molar-refractivity contribution in [2.75, 3.05) is 38.8 Å². The number of methoxy groups -OCH3 is 2. The molecule has 0 N–H and O–H groups in total. The molecule has 9 nitrogen and oxygen atoms in total. The number of carbonyl (C=O) groups excluding carboxylic acids is 2. The summed E-state index contributed by atoms with van der Waals surface area (Å²) in [5.41, 5.74) is 2.95. The first-order valence-corrected chi connectivity index (χ1v) is 14.1. The number of likely N-dealkylation sites (N-methyl/N-ethyl adjacent to an activating group) is 2. The zero-order valence-corrected chi connectivity index (χ0v) is 24.3. The monoisotopic (exact) mass is 560 g/mol. The highest BCUT2D eigenvalue weighted by Crippen LogP contribution is 2.39. The number of thiazole rings is 1. The third-order valence-corrected chi connectivity index (χ3v) is 8.53. The Bertz CT molecular complexity index is 1730. The topological polar surface area (TPSA) is 93.4 Å². The van der Waals surface area contributed by atoms with Gasteiger partial charge in [0.05, 0.1) is 36.8 Å². The summed E-state index contributed by atoms with van der Waals surface area (Å²) in [5.74, 6) is 0.629. The lowest BCUT2D eigenvalue weighted by Crippen LogP contribution is -2.43. The van der Waals surface area contributed by atoms with Crippen molar-refractivity contribution in [1.29, 1.82) is 0 Å². The van der Waals surface area contributed by atoms with Crippen LogP contribution in [0.3, 0.4) is 0 Å². The number of allylic oxidation sites excluding steroid dienone is 1. The van der Waals surface area contributed by atoms with Crippen molar-refractivity contribution in [1.82, 2.24) is 9.47 Å². The maximum atomic E-state index is 14.4. The summed E-state index contributed by atoms with van der Waals surface area (Å²) in [5, 5.41) is 0. The van der Waals surface area contributed by atoms with Crippen LogP contribution in [0.5, 0.6) is 11.5 Å². The van der Waals surface area contributed by atoms with Crippen LogP contribution >= 0.6 is 11.3 Å². The molecule has 2 amide bonds. The van der Waals surface area contributed by atoms with E-state index >= 15 is 0 Å². The molecule has 1 aromatic heterocycles. The lowest BCUT2D eigenvalue weighted by Gasteiger charge is -2.30. The second-order valence-electron chi connectivity index (χ2n) is 9.43. The second-order valence-corrected chi connectivity index (χ2v) is 10.4. The van der Waals surface area contributed by atoms with E-state index < -0.39 is 6.04 Å². The minimum atomic E-state index is -0.835. The number of anilines is 1. The standard InChI is InChI=1S/C30H32N4O5S/c1-7-32(8-2)27(35)23-17(4)31-30-34(25(23)20-16-18(38-5)14-15-22(20)39-6)29(37)26(40-30)24-19-12-10-11-13-21(19)33(9-3)28(24)36/h10-16,25H,7-9H2,1-6H3/b26-24-/t25-/m1/s1. The minimum absolute atomic E-state index is 0.210. The molecule has 208 valence electrons. The van der Waals surface area contributed by atoms with Crippen molar-refractivity contribution in [3.63, 3.8) is 0 Å². The van der Waals surface area contributed by atoms with E-state index in [1.165, 1.54) is 15.9 Å². The number of fused-ring (bicyclic) bond motifs is 2. The van der Waals surface area contributed by atoms with E-state index in [0.29, 0.717) is 68.4 Å². The Morgan fingerprint density at radius 1 is 1.05 bits per heavy atom. The van der Waals surface area contributed by atoms with Gasteiger partial charge in [-0.2, -0.15) is 0 Å². The van der Waals surface area contributed by atoms with Crippen LogP contribution in [0.15, 0.2) is 63.5 Å². The third kappa shape index (κ3) is 4.14. The predicted molar refractivity (Wildman–Crippen MR) is 155 cm³/mol. The summed E-state index contributed by atoms with van der Waals surface area (Å²) < 4.78 is 13.0. The molecule has 1 atom stereocenters. The van der Waals surface area contributed by atoms with E-state index in [0.717, 1.165) is 5.69 Å². The largest absolute Gasteiger partial charge is 0.497 e. The maximum absolute atomic E-state index is 14.4. The van der Waals surface area contributed by atoms with Gasteiger partial charge < -0.3 is 19.3 Å². The van der Waals surface area contributed by atoms with Crippen LogP contribution in [-0.4, -0.2) is 55.1 Å². The van der Waals surface area contributed by atoms with Crippen molar-refractivity contribution >= 4 is 34.4 Å². The van der Waals surface area contributed by atoms with Crippen LogP contribution in [0.25, 0.3) is 5.57 Å². The van der Waals surface area contributed by atoms with Crippen LogP contribution < -0.4 is 29.3 Å². The van der Waals surface area contributed by atoms with E-state index in [1.54, 1.807) is 49.1 Å². The number of hydrogen-bond acceptors (Lipinski definition) is 7. The summed E-state index contributed by atoms with van der Waals surface area (Å²) >= 11 is 1.17. The SMILES string of the molecule is CCN(CC)C(=O)C1=C(C)N=c2s/c(=C3\C(=O)N(CC)c4ccccc43)c(=O)n2[C@@H]1c1cc(OC)ccc1OC. The molecule has 0 bridgehead atoms. The average Bonchev–Trinajstić information content (AvgIpc) is 3.43. The maximum Gasteiger partial charge on any atom is 0.271 e. The summed E-state index contributed by atoms with van der Waals surface area (Å²) in [4.78, 5) is 50.5. The Morgan fingerprint density at radius 2 is 1.77 bits per heavy atom. The number of nitrogens with zero attached hydrogens (tertiary/aromatic N) is 4. The Balaban J connectivity index is 1.87. The quantitative estimate of drug-likeness (QED) is 0.443. The predicted octanol–water partition coefficient (Wildman–Crippen LogP) is 2.86. The van der Waals surface area contributed by atoms with Gasteiger partial charge in [0.1, 0.15) is 22.1 Å². The van der Waals surface area contributed by atoms with Gasteiger partial charge in [-0.15, -0.1) is 0 Å². The van der Waals surface area contributed by atoms with E-state index in [-0.39, 0.29) is 17.4 Å². The molecule has 0 fully saturated rings. The van der Waals surface area contributed by atoms with Gasteiger partial charge in [0.15, 0.2) is 4.80 Å². The summed E-state index contributed by atoms with van der Waals surface area (Å²) in [6.45, 7) is 8.99. The highest BCUT2D eigenvalue weighted by atomic mass is 32.1. The summed E-state index contributed by atoms with van der Waals surface area (Å²) in [6.07, 6.45) is 0.